The smallest absolute Gasteiger partial charge is 0.135 e. The Balaban J connectivity index is 1.37. The van der Waals surface area contributed by atoms with Crippen LogP contribution in [0.2, 0.25) is 0 Å². The van der Waals surface area contributed by atoms with E-state index in [1.54, 1.807) is 6.33 Å². The van der Waals surface area contributed by atoms with Gasteiger partial charge in [-0.1, -0.05) is 39.8 Å². The summed E-state index contributed by atoms with van der Waals surface area (Å²) in [6, 6.07) is 8.57. The lowest BCUT2D eigenvalue weighted by molar-refractivity contribution is 0.106. The Kier molecular flexibility index (Phi) is 4.65. The average molecular weight is 418 g/mol. The summed E-state index contributed by atoms with van der Waals surface area (Å²) in [5.74, 6) is 2.49. The summed E-state index contributed by atoms with van der Waals surface area (Å²) in [7, 11) is 0. The lowest BCUT2D eigenvalue weighted by Gasteiger charge is -2.41. The third kappa shape index (κ3) is 3.52. The standard InChI is InChI=1S/C26H35N5/c1-5-26(24(2,3)4)10-11-31(16-26)23-13-22(28-17-29-23)30-21-12-18(6-7-19(21)15-27)20-14-25(20)8-9-25/h6-7,12-13,15,17,20,27H,5,8-11,14,16H2,1-4H3,(H,28,29,30). The predicted octanol–water partition coefficient (Wildman–Crippen LogP) is 6.14. The third-order valence-corrected chi connectivity index (χ3v) is 8.58. The molecule has 0 bridgehead atoms. The minimum atomic E-state index is 0.269. The van der Waals surface area contributed by atoms with Gasteiger partial charge < -0.3 is 15.6 Å². The molecule has 1 aliphatic heterocycles. The van der Waals surface area contributed by atoms with Gasteiger partial charge in [-0.05, 0) is 65.9 Å². The number of hydrogen-bond acceptors (Lipinski definition) is 5. The van der Waals surface area contributed by atoms with E-state index in [2.05, 4.69) is 72.1 Å². The molecule has 2 N–H and O–H groups in total. The Morgan fingerprint density at radius 2 is 2.00 bits per heavy atom. The predicted molar refractivity (Wildman–Crippen MR) is 128 cm³/mol. The lowest BCUT2D eigenvalue weighted by Crippen LogP contribution is -2.38. The monoisotopic (exact) mass is 417 g/mol. The van der Waals surface area contributed by atoms with Crippen LogP contribution in [0.1, 0.15) is 76.8 Å². The van der Waals surface area contributed by atoms with Crippen LogP contribution in [0.25, 0.3) is 0 Å². The molecule has 2 atom stereocenters. The SMILES string of the molecule is CCC1(C(C)(C)C)CCN(c2cc(Nc3cc(C4CC45CC5)ccc3C=N)ncn2)C1. The zero-order valence-electron chi connectivity index (χ0n) is 19.3. The molecule has 2 aliphatic carbocycles. The molecule has 0 radical (unpaired) electrons. The summed E-state index contributed by atoms with van der Waals surface area (Å²) in [4.78, 5) is 11.5. The molecule has 5 rings (SSSR count). The molecule has 2 heterocycles. The van der Waals surface area contributed by atoms with Gasteiger partial charge in [0.1, 0.15) is 18.0 Å². The molecule has 3 fully saturated rings. The fourth-order valence-electron chi connectivity index (χ4n) is 5.78. The van der Waals surface area contributed by atoms with Gasteiger partial charge in [0.15, 0.2) is 0 Å². The molecule has 3 aliphatic rings. The van der Waals surface area contributed by atoms with Crippen molar-refractivity contribution >= 4 is 23.5 Å². The number of benzene rings is 1. The lowest BCUT2D eigenvalue weighted by atomic mass is 9.64. The summed E-state index contributed by atoms with van der Waals surface area (Å²) in [6.07, 6.45) is 9.56. The van der Waals surface area contributed by atoms with Crippen molar-refractivity contribution in [1.82, 2.24) is 9.97 Å². The molecule has 31 heavy (non-hydrogen) atoms. The number of nitrogens with zero attached hydrogens (tertiary/aromatic N) is 3. The molecule has 2 saturated carbocycles. The van der Waals surface area contributed by atoms with Crippen LogP contribution < -0.4 is 10.2 Å². The molecular weight excluding hydrogens is 382 g/mol. The van der Waals surface area contributed by atoms with E-state index in [1.807, 2.05) is 0 Å². The van der Waals surface area contributed by atoms with Gasteiger partial charge in [-0.2, -0.15) is 0 Å². The maximum atomic E-state index is 7.83. The van der Waals surface area contributed by atoms with Crippen LogP contribution in [0.4, 0.5) is 17.3 Å². The van der Waals surface area contributed by atoms with Crippen LogP contribution in [0.3, 0.4) is 0 Å². The van der Waals surface area contributed by atoms with Crippen molar-refractivity contribution in [3.63, 3.8) is 0 Å². The van der Waals surface area contributed by atoms with Crippen molar-refractivity contribution in [1.29, 1.82) is 5.41 Å². The number of hydrogen-bond donors (Lipinski definition) is 2. The van der Waals surface area contributed by atoms with E-state index in [0.717, 1.165) is 36.0 Å². The number of aromatic nitrogens is 2. The Labute approximate surface area is 186 Å². The normalized spacial score (nSPS) is 26.2. The highest BCUT2D eigenvalue weighted by atomic mass is 15.2. The van der Waals surface area contributed by atoms with Crippen molar-refractivity contribution in [2.45, 2.75) is 65.7 Å². The second kappa shape index (κ2) is 7.04. The van der Waals surface area contributed by atoms with Gasteiger partial charge >= 0.3 is 0 Å². The van der Waals surface area contributed by atoms with E-state index in [-0.39, 0.29) is 5.41 Å². The zero-order chi connectivity index (χ0) is 21.9. The van der Waals surface area contributed by atoms with Crippen LogP contribution in [0.5, 0.6) is 0 Å². The average Bonchev–Trinajstić information content (AvgIpc) is 3.64. The Hall–Kier alpha value is -2.43. The first-order valence-electron chi connectivity index (χ1n) is 11.8. The highest BCUT2D eigenvalue weighted by Crippen LogP contribution is 2.75. The summed E-state index contributed by atoms with van der Waals surface area (Å²) in [6.45, 7) is 11.5. The van der Waals surface area contributed by atoms with Crippen molar-refractivity contribution in [3.05, 3.63) is 41.7 Å². The molecular formula is C26H35N5. The minimum Gasteiger partial charge on any atom is -0.356 e. The fourth-order valence-corrected chi connectivity index (χ4v) is 5.78. The molecule has 1 aromatic carbocycles. The molecule has 2 unspecified atom stereocenters. The molecule has 1 aromatic heterocycles. The first kappa shape index (κ1) is 20.5. The zero-order valence-corrected chi connectivity index (χ0v) is 19.3. The highest BCUT2D eigenvalue weighted by molar-refractivity contribution is 5.87. The van der Waals surface area contributed by atoms with Gasteiger partial charge in [0.05, 0.1) is 0 Å². The second-order valence-corrected chi connectivity index (χ2v) is 11.1. The van der Waals surface area contributed by atoms with Crippen molar-refractivity contribution in [3.8, 4) is 0 Å². The van der Waals surface area contributed by atoms with Gasteiger partial charge in [0.2, 0.25) is 0 Å². The first-order valence-corrected chi connectivity index (χ1v) is 11.8. The van der Waals surface area contributed by atoms with Crippen molar-refractivity contribution in [2.24, 2.45) is 16.2 Å². The summed E-state index contributed by atoms with van der Waals surface area (Å²) in [5.41, 5.74) is 4.48. The Morgan fingerprint density at radius 3 is 2.61 bits per heavy atom. The van der Waals surface area contributed by atoms with Gasteiger partial charge in [-0.25, -0.2) is 9.97 Å². The molecule has 1 spiro atoms. The molecule has 5 heteroatoms. The Morgan fingerprint density at radius 1 is 1.19 bits per heavy atom. The molecule has 2 aromatic rings. The Bertz CT molecular complexity index is 1000. The maximum absolute atomic E-state index is 7.83. The van der Waals surface area contributed by atoms with E-state index in [9.17, 15) is 0 Å². The summed E-state index contributed by atoms with van der Waals surface area (Å²) >= 11 is 0. The number of anilines is 3. The fraction of sp³-hybridized carbons (Fsp3) is 0.577. The van der Waals surface area contributed by atoms with Crippen LogP contribution >= 0.6 is 0 Å². The number of rotatable bonds is 6. The van der Waals surface area contributed by atoms with Gasteiger partial charge in [-0.3, -0.25) is 0 Å². The molecule has 0 amide bonds. The van der Waals surface area contributed by atoms with E-state index >= 15 is 0 Å². The first-order chi connectivity index (χ1) is 14.8. The van der Waals surface area contributed by atoms with E-state index in [4.69, 9.17) is 5.41 Å². The van der Waals surface area contributed by atoms with Crippen LogP contribution in [0.15, 0.2) is 30.6 Å². The largest absolute Gasteiger partial charge is 0.356 e. The molecule has 164 valence electrons. The van der Waals surface area contributed by atoms with E-state index in [1.165, 1.54) is 43.9 Å². The van der Waals surface area contributed by atoms with Crippen LogP contribution in [-0.4, -0.2) is 29.3 Å². The second-order valence-electron chi connectivity index (χ2n) is 11.1. The topological polar surface area (TPSA) is 64.9 Å². The molecule has 1 saturated heterocycles. The van der Waals surface area contributed by atoms with Crippen LogP contribution in [0, 0.1) is 21.7 Å². The number of nitrogens with one attached hydrogen (secondary N) is 2. The van der Waals surface area contributed by atoms with Crippen molar-refractivity contribution in [2.75, 3.05) is 23.3 Å². The minimum absolute atomic E-state index is 0.269. The van der Waals surface area contributed by atoms with Gasteiger partial charge in [-0.15, -0.1) is 0 Å². The maximum Gasteiger partial charge on any atom is 0.135 e. The van der Waals surface area contributed by atoms with Crippen LogP contribution in [-0.2, 0) is 0 Å². The summed E-state index contributed by atoms with van der Waals surface area (Å²) < 4.78 is 0. The summed E-state index contributed by atoms with van der Waals surface area (Å²) in [5, 5.41) is 11.3. The van der Waals surface area contributed by atoms with E-state index < -0.39 is 0 Å². The molecule has 5 nitrogen and oxygen atoms in total. The van der Waals surface area contributed by atoms with Gasteiger partial charge in [0, 0.05) is 36.6 Å². The quantitative estimate of drug-likeness (QED) is 0.554. The van der Waals surface area contributed by atoms with E-state index in [0.29, 0.717) is 16.7 Å². The highest BCUT2D eigenvalue weighted by Gasteiger charge is 2.62. The van der Waals surface area contributed by atoms with Crippen molar-refractivity contribution < 1.29 is 0 Å². The third-order valence-electron chi connectivity index (χ3n) is 8.58. The van der Waals surface area contributed by atoms with Gasteiger partial charge in [0.25, 0.3) is 0 Å².